The third kappa shape index (κ3) is 3.86. The molecule has 2 bridgehead atoms. The van der Waals surface area contributed by atoms with Crippen molar-refractivity contribution in [3.05, 3.63) is 17.5 Å². The lowest BCUT2D eigenvalue weighted by Crippen LogP contribution is -2.59. The molecule has 3 heterocycles. The number of aryl methyl sites for hydroxylation is 2. The molecule has 0 N–H and O–H groups in total. The molecular formula is C24H37N5O2. The molecule has 2 amide bonds. The molecule has 1 saturated carbocycles. The third-order valence-corrected chi connectivity index (χ3v) is 8.24. The van der Waals surface area contributed by atoms with E-state index in [0.717, 1.165) is 75.7 Å². The van der Waals surface area contributed by atoms with Gasteiger partial charge in [-0.1, -0.05) is 20.8 Å². The van der Waals surface area contributed by atoms with Crippen LogP contribution < -0.4 is 4.90 Å². The molecule has 31 heavy (non-hydrogen) atoms. The largest absolute Gasteiger partial charge is 0.338 e. The second-order valence-corrected chi connectivity index (χ2v) is 10.4. The molecule has 3 aliphatic rings. The molecule has 3 fully saturated rings. The number of aromatic nitrogens is 2. The Morgan fingerprint density at radius 1 is 0.968 bits per heavy atom. The number of amides is 2. The van der Waals surface area contributed by atoms with Crippen molar-refractivity contribution in [2.24, 2.45) is 16.7 Å². The van der Waals surface area contributed by atoms with E-state index in [0.29, 0.717) is 6.54 Å². The smallest absolute Gasteiger partial charge is 0.235 e. The van der Waals surface area contributed by atoms with Crippen molar-refractivity contribution in [1.29, 1.82) is 0 Å². The Bertz CT molecular complexity index is 841. The molecule has 1 aromatic heterocycles. The topological polar surface area (TPSA) is 69.6 Å². The van der Waals surface area contributed by atoms with E-state index in [2.05, 4.69) is 40.5 Å². The Morgan fingerprint density at radius 2 is 1.58 bits per heavy atom. The fourth-order valence-corrected chi connectivity index (χ4v) is 5.74. The molecule has 0 spiro atoms. The summed E-state index contributed by atoms with van der Waals surface area (Å²) < 4.78 is 0. The van der Waals surface area contributed by atoms with Crippen molar-refractivity contribution >= 4 is 17.8 Å². The normalized spacial score (nSPS) is 28.5. The Hall–Kier alpha value is -2.02. The molecule has 170 valence electrons. The number of carbonyl (C=O) groups is 2. The molecule has 4 rings (SSSR count). The van der Waals surface area contributed by atoms with Gasteiger partial charge in [-0.05, 0) is 57.6 Å². The highest BCUT2D eigenvalue weighted by Gasteiger charge is 2.64. The van der Waals surface area contributed by atoms with Gasteiger partial charge in [-0.15, -0.1) is 0 Å². The maximum absolute atomic E-state index is 13.1. The first-order valence-electron chi connectivity index (χ1n) is 11.8. The second-order valence-electron chi connectivity index (χ2n) is 10.4. The lowest BCUT2D eigenvalue weighted by molar-refractivity contribution is -0.167. The number of rotatable bonds is 6. The first-order valence-corrected chi connectivity index (χ1v) is 11.8. The molecule has 0 aromatic carbocycles. The van der Waals surface area contributed by atoms with Gasteiger partial charge in [0, 0.05) is 50.0 Å². The molecule has 7 nitrogen and oxygen atoms in total. The average Bonchev–Trinajstić information content (AvgIpc) is 2.90. The quantitative estimate of drug-likeness (QED) is 0.514. The van der Waals surface area contributed by atoms with E-state index < -0.39 is 5.41 Å². The Labute approximate surface area is 186 Å². The van der Waals surface area contributed by atoms with E-state index >= 15 is 0 Å². The summed E-state index contributed by atoms with van der Waals surface area (Å²) in [5.74, 6) is 0.950. The van der Waals surface area contributed by atoms with Gasteiger partial charge in [0.25, 0.3) is 0 Å². The number of hydrogen-bond acceptors (Lipinski definition) is 6. The highest BCUT2D eigenvalue weighted by atomic mass is 16.2. The van der Waals surface area contributed by atoms with Gasteiger partial charge in [0.2, 0.25) is 17.8 Å². The molecule has 7 heteroatoms. The summed E-state index contributed by atoms with van der Waals surface area (Å²) in [6.45, 7) is 15.7. The number of anilines is 1. The van der Waals surface area contributed by atoms with Crippen molar-refractivity contribution < 1.29 is 9.59 Å². The minimum Gasteiger partial charge on any atom is -0.338 e. The van der Waals surface area contributed by atoms with Crippen molar-refractivity contribution in [1.82, 2.24) is 19.8 Å². The first kappa shape index (κ1) is 22.2. The number of hydrogen-bond donors (Lipinski definition) is 0. The van der Waals surface area contributed by atoms with Crippen LogP contribution in [0.1, 0.15) is 57.8 Å². The lowest BCUT2D eigenvalue weighted by Gasteiger charge is -2.47. The van der Waals surface area contributed by atoms with E-state index in [-0.39, 0.29) is 23.1 Å². The average molecular weight is 428 g/mol. The van der Waals surface area contributed by atoms with Gasteiger partial charge in [0.1, 0.15) is 0 Å². The van der Waals surface area contributed by atoms with Crippen molar-refractivity contribution in [3.8, 4) is 0 Å². The Morgan fingerprint density at radius 3 is 2.23 bits per heavy atom. The SMILES string of the molecule is Cc1cc(C)nc(N2CCN(CCCCN3C(=O)[C@@H]4CC[C@](C)(C3=O)C4(C)C)CC2)n1. The highest BCUT2D eigenvalue weighted by molar-refractivity contribution is 6.03. The first-order chi connectivity index (χ1) is 14.6. The fraction of sp³-hybridized carbons (Fsp3) is 0.750. The van der Waals surface area contributed by atoms with Gasteiger partial charge in [-0.3, -0.25) is 19.4 Å². The fourth-order valence-electron chi connectivity index (χ4n) is 5.74. The van der Waals surface area contributed by atoms with E-state index in [1.165, 1.54) is 0 Å². The Balaban J connectivity index is 1.23. The van der Waals surface area contributed by atoms with Crippen LogP contribution in [0.4, 0.5) is 5.95 Å². The number of likely N-dealkylation sites (tertiary alicyclic amines) is 1. The van der Waals surface area contributed by atoms with Crippen LogP contribution in [0.25, 0.3) is 0 Å². The summed E-state index contributed by atoms with van der Waals surface area (Å²) in [6.07, 6.45) is 3.56. The van der Waals surface area contributed by atoms with Gasteiger partial charge in [0.05, 0.1) is 5.41 Å². The van der Waals surface area contributed by atoms with Gasteiger partial charge >= 0.3 is 0 Å². The summed E-state index contributed by atoms with van der Waals surface area (Å²) in [5.41, 5.74) is 1.41. The number of nitrogens with zero attached hydrogens (tertiary/aromatic N) is 5. The summed E-state index contributed by atoms with van der Waals surface area (Å²) in [4.78, 5) is 41.5. The zero-order valence-electron chi connectivity index (χ0n) is 19.8. The molecular weight excluding hydrogens is 390 g/mol. The van der Waals surface area contributed by atoms with Crippen molar-refractivity contribution in [2.45, 2.75) is 60.3 Å². The summed E-state index contributed by atoms with van der Waals surface area (Å²) in [5, 5.41) is 0. The van der Waals surface area contributed by atoms with Crippen LogP contribution in [-0.2, 0) is 9.59 Å². The van der Waals surface area contributed by atoms with Gasteiger partial charge in [-0.25, -0.2) is 9.97 Å². The zero-order chi connectivity index (χ0) is 22.4. The summed E-state index contributed by atoms with van der Waals surface area (Å²) >= 11 is 0. The molecule has 2 atom stereocenters. The summed E-state index contributed by atoms with van der Waals surface area (Å²) in [7, 11) is 0. The number of carbonyl (C=O) groups excluding carboxylic acids is 2. The van der Waals surface area contributed by atoms with E-state index in [1.54, 1.807) is 4.90 Å². The Kier molecular flexibility index (Phi) is 5.83. The van der Waals surface area contributed by atoms with E-state index in [9.17, 15) is 9.59 Å². The predicted octanol–water partition coefficient (Wildman–Crippen LogP) is 2.81. The number of fused-ring (bicyclic) bond motifs is 2. The minimum atomic E-state index is -0.391. The van der Waals surface area contributed by atoms with Crippen LogP contribution in [-0.4, -0.2) is 70.9 Å². The second kappa shape index (κ2) is 8.15. The van der Waals surface area contributed by atoms with E-state index in [1.807, 2.05) is 19.9 Å². The van der Waals surface area contributed by atoms with Crippen LogP contribution in [0.15, 0.2) is 6.07 Å². The van der Waals surface area contributed by atoms with Crippen molar-refractivity contribution in [3.63, 3.8) is 0 Å². The molecule has 1 aromatic rings. The van der Waals surface area contributed by atoms with Crippen LogP contribution in [0, 0.1) is 30.6 Å². The van der Waals surface area contributed by atoms with Gasteiger partial charge in [0.15, 0.2) is 0 Å². The molecule has 2 saturated heterocycles. The number of unbranched alkanes of at least 4 members (excludes halogenated alkanes) is 1. The van der Waals surface area contributed by atoms with Crippen LogP contribution >= 0.6 is 0 Å². The van der Waals surface area contributed by atoms with Gasteiger partial charge < -0.3 is 4.90 Å². The minimum absolute atomic E-state index is 0.00393. The van der Waals surface area contributed by atoms with E-state index in [4.69, 9.17) is 0 Å². The zero-order valence-corrected chi connectivity index (χ0v) is 19.8. The van der Waals surface area contributed by atoms with Crippen molar-refractivity contribution in [2.75, 3.05) is 44.2 Å². The third-order valence-electron chi connectivity index (χ3n) is 8.24. The van der Waals surface area contributed by atoms with Crippen LogP contribution in [0.2, 0.25) is 0 Å². The number of imide groups is 1. The number of piperidine rings is 1. The standard InChI is InChI=1S/C24H37N5O2/c1-17-16-18(2)26-22(25-17)28-14-12-27(13-15-28)10-6-7-11-29-20(30)19-8-9-24(5,21(29)31)23(19,3)4/h16,19H,6-15H2,1-5H3/t19-,24+/m0/s1. The molecule has 2 aliphatic heterocycles. The van der Waals surface area contributed by atoms with Crippen LogP contribution in [0.3, 0.4) is 0 Å². The molecule has 1 aliphatic carbocycles. The number of piperazine rings is 1. The maximum atomic E-state index is 13.1. The van der Waals surface area contributed by atoms with Crippen LogP contribution in [0.5, 0.6) is 0 Å². The lowest BCUT2D eigenvalue weighted by atomic mass is 9.62. The summed E-state index contributed by atoms with van der Waals surface area (Å²) in [6, 6.07) is 2.00. The highest BCUT2D eigenvalue weighted by Crippen LogP contribution is 2.60. The molecule has 0 unspecified atom stereocenters. The monoisotopic (exact) mass is 427 g/mol. The van der Waals surface area contributed by atoms with Gasteiger partial charge in [-0.2, -0.15) is 0 Å². The predicted molar refractivity (Wildman–Crippen MR) is 121 cm³/mol. The molecule has 0 radical (unpaired) electrons. The maximum Gasteiger partial charge on any atom is 0.235 e.